The summed E-state index contributed by atoms with van der Waals surface area (Å²) in [5.41, 5.74) is 1.74. The van der Waals surface area contributed by atoms with Crippen LogP contribution in [0.15, 0.2) is 39.1 Å². The number of hydrogen-bond donors (Lipinski definition) is 1. The fourth-order valence-corrected chi connectivity index (χ4v) is 4.96. The van der Waals surface area contributed by atoms with E-state index in [4.69, 9.17) is 11.6 Å². The SMILES string of the molecule is CCn1c(SCC(=O)NCc2ccccc2Cl)nc2c(c1=O)SC(C)C2. The molecule has 138 valence electrons. The quantitative estimate of drug-likeness (QED) is 0.585. The molecule has 1 unspecified atom stereocenters. The van der Waals surface area contributed by atoms with Crippen molar-refractivity contribution in [2.45, 2.75) is 48.7 Å². The van der Waals surface area contributed by atoms with Crippen LogP contribution in [0.25, 0.3) is 0 Å². The number of carbonyl (C=O) groups excluding carboxylic acids is 1. The average Bonchev–Trinajstić information content (AvgIpc) is 3.00. The third-order valence-corrected chi connectivity index (χ3v) is 6.61. The first kappa shape index (κ1) is 19.3. The van der Waals surface area contributed by atoms with E-state index in [-0.39, 0.29) is 17.2 Å². The Morgan fingerprint density at radius 1 is 1.46 bits per heavy atom. The first-order chi connectivity index (χ1) is 12.5. The maximum atomic E-state index is 12.6. The molecule has 2 heterocycles. The number of thioether (sulfide) groups is 2. The lowest BCUT2D eigenvalue weighted by atomic mass is 10.2. The summed E-state index contributed by atoms with van der Waals surface area (Å²) in [6.07, 6.45) is 0.798. The average molecular weight is 410 g/mol. The van der Waals surface area contributed by atoms with Gasteiger partial charge in [0.15, 0.2) is 5.16 Å². The summed E-state index contributed by atoms with van der Waals surface area (Å²) in [6, 6.07) is 7.41. The molecule has 0 bridgehead atoms. The van der Waals surface area contributed by atoms with Crippen molar-refractivity contribution < 1.29 is 4.79 Å². The van der Waals surface area contributed by atoms with Crippen molar-refractivity contribution in [2.24, 2.45) is 0 Å². The van der Waals surface area contributed by atoms with Crippen molar-refractivity contribution in [1.29, 1.82) is 0 Å². The van der Waals surface area contributed by atoms with E-state index in [0.717, 1.165) is 22.6 Å². The standard InChI is InChI=1S/C18H20ClN3O2S2/c1-3-22-17(24)16-14(8-11(2)26-16)21-18(22)25-10-15(23)20-9-12-6-4-5-7-13(12)19/h4-7,11H,3,8-10H2,1-2H3,(H,20,23). The predicted octanol–water partition coefficient (Wildman–Crippen LogP) is 3.36. The monoisotopic (exact) mass is 409 g/mol. The van der Waals surface area contributed by atoms with Gasteiger partial charge in [0.05, 0.1) is 16.3 Å². The van der Waals surface area contributed by atoms with Crippen LogP contribution in [-0.2, 0) is 24.3 Å². The molecule has 0 saturated heterocycles. The number of carbonyl (C=O) groups is 1. The molecule has 0 aliphatic carbocycles. The zero-order valence-electron chi connectivity index (χ0n) is 14.6. The molecule has 1 aliphatic heterocycles. The number of hydrogen-bond acceptors (Lipinski definition) is 5. The van der Waals surface area contributed by atoms with E-state index in [1.54, 1.807) is 22.4 Å². The van der Waals surface area contributed by atoms with Crippen molar-refractivity contribution in [1.82, 2.24) is 14.9 Å². The normalized spacial score (nSPS) is 15.7. The Morgan fingerprint density at radius 2 is 2.23 bits per heavy atom. The molecule has 0 saturated carbocycles. The summed E-state index contributed by atoms with van der Waals surface area (Å²) >= 11 is 8.99. The summed E-state index contributed by atoms with van der Waals surface area (Å²) in [5, 5.41) is 4.47. The lowest BCUT2D eigenvalue weighted by molar-refractivity contribution is -0.118. The van der Waals surface area contributed by atoms with Crippen molar-refractivity contribution in [3.05, 3.63) is 50.9 Å². The maximum Gasteiger partial charge on any atom is 0.268 e. The van der Waals surface area contributed by atoms with Gasteiger partial charge in [-0.15, -0.1) is 11.8 Å². The Hall–Kier alpha value is -1.44. The largest absolute Gasteiger partial charge is 0.351 e. The van der Waals surface area contributed by atoms with Gasteiger partial charge in [0.2, 0.25) is 5.91 Å². The molecule has 8 heteroatoms. The Bertz CT molecular complexity index is 885. The van der Waals surface area contributed by atoms with E-state index >= 15 is 0 Å². The number of nitrogens with one attached hydrogen (secondary N) is 1. The molecule has 1 aromatic carbocycles. The molecule has 1 amide bonds. The molecule has 1 aromatic heterocycles. The lowest BCUT2D eigenvalue weighted by Crippen LogP contribution is -2.27. The number of benzene rings is 1. The molecule has 1 aliphatic rings. The summed E-state index contributed by atoms with van der Waals surface area (Å²) in [5.74, 6) is 0.0910. The lowest BCUT2D eigenvalue weighted by Gasteiger charge is -2.12. The summed E-state index contributed by atoms with van der Waals surface area (Å²) < 4.78 is 1.65. The number of amides is 1. The number of rotatable bonds is 6. The van der Waals surface area contributed by atoms with E-state index in [9.17, 15) is 9.59 Å². The van der Waals surface area contributed by atoms with Gasteiger partial charge in [-0.3, -0.25) is 14.2 Å². The number of nitrogens with zero attached hydrogens (tertiary/aromatic N) is 2. The van der Waals surface area contributed by atoms with Gasteiger partial charge in [-0.05, 0) is 18.6 Å². The first-order valence-corrected chi connectivity index (χ1v) is 10.7. The van der Waals surface area contributed by atoms with Gasteiger partial charge in [-0.2, -0.15) is 0 Å². The molecule has 1 atom stereocenters. The highest BCUT2D eigenvalue weighted by Crippen LogP contribution is 2.34. The van der Waals surface area contributed by atoms with Crippen LogP contribution >= 0.6 is 35.1 Å². The van der Waals surface area contributed by atoms with Gasteiger partial charge >= 0.3 is 0 Å². The van der Waals surface area contributed by atoms with Crippen molar-refractivity contribution in [3.8, 4) is 0 Å². The van der Waals surface area contributed by atoms with Crippen LogP contribution in [0, 0.1) is 0 Å². The van der Waals surface area contributed by atoms with Crippen LogP contribution in [0.5, 0.6) is 0 Å². The highest BCUT2D eigenvalue weighted by atomic mass is 35.5. The molecular weight excluding hydrogens is 390 g/mol. The second-order valence-electron chi connectivity index (χ2n) is 6.01. The minimum atomic E-state index is -0.116. The summed E-state index contributed by atoms with van der Waals surface area (Å²) in [7, 11) is 0. The van der Waals surface area contributed by atoms with Crippen molar-refractivity contribution in [2.75, 3.05) is 5.75 Å². The Kier molecular flexibility index (Phi) is 6.32. The van der Waals surface area contributed by atoms with Gasteiger partial charge < -0.3 is 5.32 Å². The highest BCUT2D eigenvalue weighted by molar-refractivity contribution is 8.00. The molecule has 3 rings (SSSR count). The molecular formula is C18H20ClN3O2S2. The van der Waals surface area contributed by atoms with E-state index < -0.39 is 0 Å². The van der Waals surface area contributed by atoms with Crippen molar-refractivity contribution >= 4 is 41.0 Å². The van der Waals surface area contributed by atoms with E-state index in [1.807, 2.05) is 25.1 Å². The summed E-state index contributed by atoms with van der Waals surface area (Å²) in [4.78, 5) is 30.2. The van der Waals surface area contributed by atoms with Gasteiger partial charge in [-0.25, -0.2) is 4.98 Å². The van der Waals surface area contributed by atoms with Gasteiger partial charge in [0.1, 0.15) is 0 Å². The molecule has 5 nitrogen and oxygen atoms in total. The van der Waals surface area contributed by atoms with E-state index in [2.05, 4.69) is 17.2 Å². The maximum absolute atomic E-state index is 12.6. The van der Waals surface area contributed by atoms with Gasteiger partial charge in [-0.1, -0.05) is 48.5 Å². The molecule has 2 aromatic rings. The van der Waals surface area contributed by atoms with Crippen LogP contribution in [0.4, 0.5) is 0 Å². The first-order valence-electron chi connectivity index (χ1n) is 8.42. The smallest absolute Gasteiger partial charge is 0.268 e. The molecule has 0 fully saturated rings. The van der Waals surface area contributed by atoms with Crippen LogP contribution < -0.4 is 10.9 Å². The summed E-state index contributed by atoms with van der Waals surface area (Å²) in [6.45, 7) is 4.93. The third kappa shape index (κ3) is 4.27. The van der Waals surface area contributed by atoms with Crippen LogP contribution in [-0.4, -0.2) is 26.5 Å². The van der Waals surface area contributed by atoms with E-state index in [0.29, 0.717) is 28.5 Å². The molecule has 0 spiro atoms. The second kappa shape index (κ2) is 8.50. The Morgan fingerprint density at radius 3 is 2.96 bits per heavy atom. The van der Waals surface area contributed by atoms with Crippen LogP contribution in [0.2, 0.25) is 5.02 Å². The fraction of sp³-hybridized carbons (Fsp3) is 0.389. The zero-order valence-corrected chi connectivity index (χ0v) is 17.0. The second-order valence-corrected chi connectivity index (χ2v) is 8.81. The topological polar surface area (TPSA) is 64.0 Å². The minimum absolute atomic E-state index is 0.00539. The van der Waals surface area contributed by atoms with Crippen LogP contribution in [0.3, 0.4) is 0 Å². The van der Waals surface area contributed by atoms with Crippen LogP contribution in [0.1, 0.15) is 25.1 Å². The number of fused-ring (bicyclic) bond motifs is 1. The Labute approximate surface area is 165 Å². The Balaban J connectivity index is 1.65. The zero-order chi connectivity index (χ0) is 18.7. The van der Waals surface area contributed by atoms with E-state index in [1.165, 1.54) is 11.8 Å². The molecule has 1 N–H and O–H groups in total. The molecule has 0 radical (unpaired) electrons. The molecule has 26 heavy (non-hydrogen) atoms. The fourth-order valence-electron chi connectivity index (χ4n) is 2.74. The predicted molar refractivity (Wildman–Crippen MR) is 107 cm³/mol. The number of halogens is 1. The minimum Gasteiger partial charge on any atom is -0.351 e. The van der Waals surface area contributed by atoms with Crippen molar-refractivity contribution in [3.63, 3.8) is 0 Å². The third-order valence-electron chi connectivity index (χ3n) is 4.05. The highest BCUT2D eigenvalue weighted by Gasteiger charge is 2.26. The number of aromatic nitrogens is 2. The van der Waals surface area contributed by atoms with Gasteiger partial charge in [0.25, 0.3) is 5.56 Å². The van der Waals surface area contributed by atoms with Gasteiger partial charge in [0, 0.05) is 29.8 Å².